The summed E-state index contributed by atoms with van der Waals surface area (Å²) < 4.78 is 9.24. The number of hydrogen-bond donors (Lipinski definition) is 2. The van der Waals surface area contributed by atoms with E-state index < -0.39 is 29.9 Å². The van der Waals surface area contributed by atoms with Crippen molar-refractivity contribution < 1.29 is 33.8 Å². The van der Waals surface area contributed by atoms with Crippen LogP contribution in [0, 0.1) is 5.92 Å². The van der Waals surface area contributed by atoms with E-state index in [9.17, 15) is 19.2 Å². The highest BCUT2D eigenvalue weighted by atomic mass is 16.6. The molecule has 21 heavy (non-hydrogen) atoms. The Hall–Kier alpha value is -2.12. The monoisotopic (exact) mass is 305 g/mol. The first-order valence-electron chi connectivity index (χ1n) is 6.50. The molecular weight excluding hydrogens is 282 g/mol. The largest absolute Gasteiger partial charge is 0.481 e. The first-order chi connectivity index (χ1) is 9.67. The van der Waals surface area contributed by atoms with Crippen LogP contribution < -0.4 is 5.32 Å². The van der Waals surface area contributed by atoms with Crippen LogP contribution >= 0.6 is 0 Å². The summed E-state index contributed by atoms with van der Waals surface area (Å²) in [5, 5.41) is 10.2. The predicted octanol–water partition coefficient (Wildman–Crippen LogP) is 0.344. The molecule has 8 heteroatoms. The van der Waals surface area contributed by atoms with Crippen LogP contribution in [-0.2, 0) is 28.7 Å². The van der Waals surface area contributed by atoms with E-state index >= 15 is 0 Å². The lowest BCUT2D eigenvalue weighted by Gasteiger charge is -2.14. The summed E-state index contributed by atoms with van der Waals surface area (Å²) in [5.74, 6) is -3.10. The van der Waals surface area contributed by atoms with Crippen molar-refractivity contribution in [2.45, 2.75) is 40.7 Å². The molecule has 0 spiro atoms. The fraction of sp³-hybridized carbons (Fsp3) is 0.692. The maximum Gasteiger partial charge on any atom is 0.340 e. The van der Waals surface area contributed by atoms with Gasteiger partial charge >= 0.3 is 17.9 Å². The minimum Gasteiger partial charge on any atom is -0.481 e. The maximum absolute atomic E-state index is 11.3. The van der Waals surface area contributed by atoms with E-state index in [-0.39, 0.29) is 19.1 Å². The van der Waals surface area contributed by atoms with Gasteiger partial charge in [0.2, 0.25) is 11.9 Å². The number of aliphatic carboxylic acids is 1. The normalized spacial score (nSPS) is 9.48. The number of amides is 1. The number of carbonyl (C=O) groups is 4. The summed E-state index contributed by atoms with van der Waals surface area (Å²) >= 11 is 0. The van der Waals surface area contributed by atoms with E-state index in [0.717, 1.165) is 0 Å². The molecule has 8 nitrogen and oxygen atoms in total. The fourth-order valence-corrected chi connectivity index (χ4v) is 0.869. The van der Waals surface area contributed by atoms with E-state index in [2.05, 4.69) is 14.8 Å². The number of carbonyl (C=O) groups excluding carboxylic acids is 3. The van der Waals surface area contributed by atoms with Gasteiger partial charge in [-0.2, -0.15) is 0 Å². The third kappa shape index (κ3) is 11.4. The van der Waals surface area contributed by atoms with E-state index in [1.165, 1.54) is 6.92 Å². The number of esters is 2. The molecule has 0 rings (SSSR count). The second-order valence-corrected chi connectivity index (χ2v) is 4.13. The Bertz CT molecular complexity index is 348. The van der Waals surface area contributed by atoms with Gasteiger partial charge in [-0.25, -0.2) is 9.59 Å². The van der Waals surface area contributed by atoms with Crippen LogP contribution in [0.4, 0.5) is 0 Å². The van der Waals surface area contributed by atoms with Crippen molar-refractivity contribution in [2.75, 3.05) is 13.2 Å². The zero-order chi connectivity index (χ0) is 17.0. The summed E-state index contributed by atoms with van der Waals surface area (Å²) in [6.45, 7) is 7.96. The minimum absolute atomic E-state index is 0.133. The SMILES string of the molecule is CC(C)C(=O)O.CCOC(=O)C(NC(C)=O)C(=O)OCC. The molecule has 2 N–H and O–H groups in total. The molecule has 0 saturated carbocycles. The molecule has 0 aromatic carbocycles. The van der Waals surface area contributed by atoms with Crippen molar-refractivity contribution in [2.24, 2.45) is 5.92 Å². The highest BCUT2D eigenvalue weighted by Crippen LogP contribution is 1.94. The van der Waals surface area contributed by atoms with E-state index in [1.54, 1.807) is 27.7 Å². The molecule has 0 fully saturated rings. The summed E-state index contributed by atoms with van der Waals surface area (Å²) in [6, 6.07) is -1.37. The Morgan fingerprint density at radius 1 is 1.00 bits per heavy atom. The van der Waals surface area contributed by atoms with Gasteiger partial charge in [0, 0.05) is 6.92 Å². The molecule has 0 aliphatic carbocycles. The Kier molecular flexibility index (Phi) is 11.8. The van der Waals surface area contributed by atoms with Gasteiger partial charge in [-0.05, 0) is 13.8 Å². The minimum atomic E-state index is -1.37. The van der Waals surface area contributed by atoms with Gasteiger partial charge in [-0.1, -0.05) is 13.8 Å². The van der Waals surface area contributed by atoms with Gasteiger partial charge in [0.25, 0.3) is 0 Å². The van der Waals surface area contributed by atoms with Gasteiger partial charge < -0.3 is 19.9 Å². The third-order valence-corrected chi connectivity index (χ3v) is 1.89. The van der Waals surface area contributed by atoms with Crippen molar-refractivity contribution in [1.29, 1.82) is 0 Å². The number of hydrogen-bond acceptors (Lipinski definition) is 6. The summed E-state index contributed by atoms with van der Waals surface area (Å²) in [4.78, 5) is 43.0. The van der Waals surface area contributed by atoms with E-state index in [0.29, 0.717) is 0 Å². The topological polar surface area (TPSA) is 119 Å². The molecular formula is C13H23NO7. The third-order valence-electron chi connectivity index (χ3n) is 1.89. The Morgan fingerprint density at radius 3 is 1.52 bits per heavy atom. The second kappa shape index (κ2) is 11.7. The standard InChI is InChI=1S/C9H15NO5.C4H8O2/c1-4-14-8(12)7(10-6(3)11)9(13)15-5-2;1-3(2)4(5)6/h7H,4-5H2,1-3H3,(H,10,11);3H,1-2H3,(H,5,6). The molecule has 1 amide bonds. The number of carboxylic acid groups (broad SMARTS) is 1. The number of nitrogens with one attached hydrogen (secondary N) is 1. The number of carboxylic acids is 1. The quantitative estimate of drug-likeness (QED) is 0.536. The van der Waals surface area contributed by atoms with Crippen LogP contribution in [0.25, 0.3) is 0 Å². The average molecular weight is 305 g/mol. The number of ether oxygens (including phenoxy) is 2. The van der Waals surface area contributed by atoms with Crippen molar-refractivity contribution in [1.82, 2.24) is 5.32 Å². The zero-order valence-corrected chi connectivity index (χ0v) is 13.0. The maximum atomic E-state index is 11.3. The lowest BCUT2D eigenvalue weighted by Crippen LogP contribution is -2.47. The summed E-state index contributed by atoms with van der Waals surface area (Å²) in [7, 11) is 0. The second-order valence-electron chi connectivity index (χ2n) is 4.13. The predicted molar refractivity (Wildman–Crippen MR) is 73.3 cm³/mol. The van der Waals surface area contributed by atoms with Crippen molar-refractivity contribution in [3.05, 3.63) is 0 Å². The fourth-order valence-electron chi connectivity index (χ4n) is 0.869. The van der Waals surface area contributed by atoms with Gasteiger partial charge in [-0.3, -0.25) is 9.59 Å². The average Bonchev–Trinajstić information content (AvgIpc) is 2.36. The van der Waals surface area contributed by atoms with Gasteiger partial charge in [0.15, 0.2) is 0 Å². The lowest BCUT2D eigenvalue weighted by molar-refractivity contribution is -0.159. The summed E-state index contributed by atoms with van der Waals surface area (Å²) in [6.07, 6.45) is 0. The first-order valence-corrected chi connectivity index (χ1v) is 6.50. The Labute approximate surface area is 123 Å². The Balaban J connectivity index is 0. The van der Waals surface area contributed by atoms with Gasteiger partial charge in [0.05, 0.1) is 19.1 Å². The van der Waals surface area contributed by atoms with Crippen molar-refractivity contribution >= 4 is 23.8 Å². The van der Waals surface area contributed by atoms with Crippen LogP contribution in [0.1, 0.15) is 34.6 Å². The molecule has 0 aliphatic rings. The molecule has 0 aromatic heterocycles. The molecule has 0 aromatic rings. The highest BCUT2D eigenvalue weighted by molar-refractivity contribution is 6.02. The molecule has 0 aliphatic heterocycles. The smallest absolute Gasteiger partial charge is 0.340 e. The molecule has 0 bridgehead atoms. The highest BCUT2D eigenvalue weighted by Gasteiger charge is 2.30. The van der Waals surface area contributed by atoms with E-state index in [4.69, 9.17) is 5.11 Å². The Morgan fingerprint density at radius 2 is 1.33 bits per heavy atom. The van der Waals surface area contributed by atoms with Crippen LogP contribution in [0.3, 0.4) is 0 Å². The molecule has 122 valence electrons. The van der Waals surface area contributed by atoms with E-state index in [1.807, 2.05) is 0 Å². The van der Waals surface area contributed by atoms with Gasteiger partial charge in [0.1, 0.15) is 0 Å². The van der Waals surface area contributed by atoms with Crippen LogP contribution in [0.2, 0.25) is 0 Å². The molecule has 0 atom stereocenters. The van der Waals surface area contributed by atoms with Gasteiger partial charge in [-0.15, -0.1) is 0 Å². The number of rotatable bonds is 6. The van der Waals surface area contributed by atoms with Crippen LogP contribution in [0.15, 0.2) is 0 Å². The van der Waals surface area contributed by atoms with Crippen molar-refractivity contribution in [3.8, 4) is 0 Å². The van der Waals surface area contributed by atoms with Crippen molar-refractivity contribution in [3.63, 3.8) is 0 Å². The molecule has 0 saturated heterocycles. The van der Waals surface area contributed by atoms with Crippen LogP contribution in [0.5, 0.6) is 0 Å². The first kappa shape index (κ1) is 21.2. The molecule has 0 radical (unpaired) electrons. The molecule has 0 heterocycles. The lowest BCUT2D eigenvalue weighted by atomic mass is 10.2. The summed E-state index contributed by atoms with van der Waals surface area (Å²) in [5.41, 5.74) is 0. The zero-order valence-electron chi connectivity index (χ0n) is 13.0. The molecule has 0 unspecified atom stereocenters. The van der Waals surface area contributed by atoms with Crippen LogP contribution in [-0.4, -0.2) is 48.2 Å².